The molecule has 70 valence electrons. The largest absolute Gasteiger partial charge is 0.348 e. The number of hydrogen-bond donors (Lipinski definition) is 0. The van der Waals surface area contributed by atoms with Gasteiger partial charge in [0.25, 0.3) is 0 Å². The van der Waals surface area contributed by atoms with Gasteiger partial charge in [0.2, 0.25) is 0 Å². The predicted octanol–water partition coefficient (Wildman–Crippen LogP) is 2.30. The molecule has 2 rings (SSSR count). The van der Waals surface area contributed by atoms with Crippen LogP contribution >= 0.6 is 11.6 Å². The van der Waals surface area contributed by atoms with Crippen molar-refractivity contribution in [3.05, 3.63) is 0 Å². The zero-order valence-corrected chi connectivity index (χ0v) is 7.98. The standard InChI is InChI=1S/C9H15ClO2/c10-8-4-1-2-5-9(8)11-6-3-7-12-9/h8H,1-7H2. The molecule has 0 N–H and O–H groups in total. The highest BCUT2D eigenvalue weighted by Gasteiger charge is 2.43. The van der Waals surface area contributed by atoms with E-state index >= 15 is 0 Å². The van der Waals surface area contributed by atoms with Gasteiger partial charge in [0, 0.05) is 6.42 Å². The van der Waals surface area contributed by atoms with E-state index in [0.717, 1.165) is 32.5 Å². The van der Waals surface area contributed by atoms with Gasteiger partial charge in [-0.05, 0) is 19.3 Å². The number of alkyl halides is 1. The van der Waals surface area contributed by atoms with E-state index in [1.54, 1.807) is 0 Å². The second-order valence-corrected chi connectivity index (χ2v) is 4.10. The molecule has 1 saturated carbocycles. The summed E-state index contributed by atoms with van der Waals surface area (Å²) in [5.74, 6) is -0.419. The van der Waals surface area contributed by atoms with E-state index in [1.165, 1.54) is 12.8 Å². The zero-order valence-electron chi connectivity index (χ0n) is 7.22. The molecule has 1 saturated heterocycles. The molecule has 3 heteroatoms. The van der Waals surface area contributed by atoms with Gasteiger partial charge in [-0.1, -0.05) is 6.42 Å². The molecule has 2 fully saturated rings. The van der Waals surface area contributed by atoms with E-state index in [9.17, 15) is 0 Å². The number of ether oxygens (including phenoxy) is 2. The fourth-order valence-corrected chi connectivity index (χ4v) is 2.38. The Balaban J connectivity index is 2.04. The summed E-state index contributed by atoms with van der Waals surface area (Å²) >= 11 is 6.20. The summed E-state index contributed by atoms with van der Waals surface area (Å²) in [5, 5.41) is 0.0616. The molecule has 0 amide bonds. The van der Waals surface area contributed by atoms with Gasteiger partial charge in [0.1, 0.15) is 0 Å². The van der Waals surface area contributed by atoms with Crippen LogP contribution in [-0.4, -0.2) is 24.4 Å². The first-order valence-corrected chi connectivity index (χ1v) is 5.19. The summed E-state index contributed by atoms with van der Waals surface area (Å²) in [6.45, 7) is 1.62. The molecule has 2 aliphatic rings. The highest BCUT2D eigenvalue weighted by Crippen LogP contribution is 2.38. The average Bonchev–Trinajstić information content (AvgIpc) is 2.12. The van der Waals surface area contributed by atoms with Crippen molar-refractivity contribution in [3.63, 3.8) is 0 Å². The fraction of sp³-hybridized carbons (Fsp3) is 1.00. The first kappa shape index (κ1) is 8.79. The summed E-state index contributed by atoms with van der Waals surface area (Å²) < 4.78 is 11.3. The van der Waals surface area contributed by atoms with Crippen molar-refractivity contribution >= 4 is 11.6 Å². The predicted molar refractivity (Wildman–Crippen MR) is 47.4 cm³/mol. The van der Waals surface area contributed by atoms with Crippen molar-refractivity contribution in [2.75, 3.05) is 13.2 Å². The van der Waals surface area contributed by atoms with Crippen molar-refractivity contribution in [3.8, 4) is 0 Å². The molecule has 12 heavy (non-hydrogen) atoms. The van der Waals surface area contributed by atoms with Crippen molar-refractivity contribution in [2.45, 2.75) is 43.3 Å². The van der Waals surface area contributed by atoms with Gasteiger partial charge in [-0.15, -0.1) is 11.6 Å². The fourth-order valence-electron chi connectivity index (χ4n) is 1.99. The molecular formula is C9H15ClO2. The maximum Gasteiger partial charge on any atom is 0.184 e. The van der Waals surface area contributed by atoms with E-state index in [2.05, 4.69) is 0 Å². The minimum atomic E-state index is -0.419. The number of hydrogen-bond acceptors (Lipinski definition) is 2. The van der Waals surface area contributed by atoms with Crippen LogP contribution < -0.4 is 0 Å². The third kappa shape index (κ3) is 1.48. The normalized spacial score (nSPS) is 35.2. The molecule has 0 aromatic carbocycles. The summed E-state index contributed by atoms with van der Waals surface area (Å²) in [6.07, 6.45) is 5.40. The van der Waals surface area contributed by atoms with Crippen molar-refractivity contribution in [1.29, 1.82) is 0 Å². The SMILES string of the molecule is ClC1CCCCC12OCCCO2. The Bertz CT molecular complexity index is 146. The average molecular weight is 191 g/mol. The lowest BCUT2D eigenvalue weighted by atomic mass is 9.93. The third-order valence-corrected chi connectivity index (χ3v) is 3.24. The minimum Gasteiger partial charge on any atom is -0.348 e. The van der Waals surface area contributed by atoms with Gasteiger partial charge in [-0.3, -0.25) is 0 Å². The Morgan fingerprint density at radius 3 is 2.50 bits per heavy atom. The molecule has 0 aromatic rings. The van der Waals surface area contributed by atoms with Crippen LogP contribution in [-0.2, 0) is 9.47 Å². The number of rotatable bonds is 0. The van der Waals surface area contributed by atoms with Crippen molar-refractivity contribution < 1.29 is 9.47 Å². The first-order valence-electron chi connectivity index (χ1n) is 4.75. The third-order valence-electron chi connectivity index (χ3n) is 2.69. The molecule has 1 atom stereocenters. The monoisotopic (exact) mass is 190 g/mol. The molecule has 1 aliphatic heterocycles. The van der Waals surface area contributed by atoms with Crippen LogP contribution in [0.2, 0.25) is 0 Å². The van der Waals surface area contributed by atoms with Crippen LogP contribution in [0.3, 0.4) is 0 Å². The second-order valence-electron chi connectivity index (χ2n) is 3.58. The smallest absolute Gasteiger partial charge is 0.184 e. The minimum absolute atomic E-state index is 0.0616. The summed E-state index contributed by atoms with van der Waals surface area (Å²) in [6, 6.07) is 0. The lowest BCUT2D eigenvalue weighted by Gasteiger charge is -2.43. The summed E-state index contributed by atoms with van der Waals surface area (Å²) in [4.78, 5) is 0. The lowest BCUT2D eigenvalue weighted by Crippen LogP contribution is -2.49. The number of halogens is 1. The Morgan fingerprint density at radius 1 is 1.08 bits per heavy atom. The molecular weight excluding hydrogens is 176 g/mol. The summed E-state index contributed by atoms with van der Waals surface area (Å²) in [7, 11) is 0. The van der Waals surface area contributed by atoms with Crippen LogP contribution in [0.25, 0.3) is 0 Å². The van der Waals surface area contributed by atoms with Gasteiger partial charge in [0.05, 0.1) is 18.6 Å². The molecule has 1 heterocycles. The van der Waals surface area contributed by atoms with Gasteiger partial charge < -0.3 is 9.47 Å². The van der Waals surface area contributed by atoms with Crippen LogP contribution in [0.5, 0.6) is 0 Å². The highest BCUT2D eigenvalue weighted by molar-refractivity contribution is 6.21. The lowest BCUT2D eigenvalue weighted by molar-refractivity contribution is -0.277. The van der Waals surface area contributed by atoms with Crippen molar-refractivity contribution in [1.82, 2.24) is 0 Å². The Labute approximate surface area is 78.2 Å². The molecule has 0 bridgehead atoms. The summed E-state index contributed by atoms with van der Waals surface area (Å²) in [5.41, 5.74) is 0. The van der Waals surface area contributed by atoms with E-state index < -0.39 is 5.79 Å². The van der Waals surface area contributed by atoms with Crippen molar-refractivity contribution in [2.24, 2.45) is 0 Å². The maximum absolute atomic E-state index is 6.20. The van der Waals surface area contributed by atoms with Gasteiger partial charge >= 0.3 is 0 Å². The molecule has 1 spiro atoms. The topological polar surface area (TPSA) is 18.5 Å². The van der Waals surface area contributed by atoms with E-state index in [0.29, 0.717) is 0 Å². The Hall–Kier alpha value is 0.210. The first-order chi connectivity index (χ1) is 5.83. The Morgan fingerprint density at radius 2 is 1.83 bits per heavy atom. The van der Waals surface area contributed by atoms with Crippen LogP contribution in [0.4, 0.5) is 0 Å². The zero-order chi connectivity index (χ0) is 8.44. The van der Waals surface area contributed by atoms with Crippen LogP contribution in [0.1, 0.15) is 32.1 Å². The van der Waals surface area contributed by atoms with Gasteiger partial charge in [-0.2, -0.15) is 0 Å². The second kappa shape index (κ2) is 3.52. The molecule has 0 radical (unpaired) electrons. The van der Waals surface area contributed by atoms with Gasteiger partial charge in [-0.25, -0.2) is 0 Å². The quantitative estimate of drug-likeness (QED) is 0.546. The van der Waals surface area contributed by atoms with E-state index in [1.807, 2.05) is 0 Å². The van der Waals surface area contributed by atoms with Crippen LogP contribution in [0.15, 0.2) is 0 Å². The van der Waals surface area contributed by atoms with Gasteiger partial charge in [0.15, 0.2) is 5.79 Å². The molecule has 2 nitrogen and oxygen atoms in total. The highest BCUT2D eigenvalue weighted by atomic mass is 35.5. The van der Waals surface area contributed by atoms with E-state index in [4.69, 9.17) is 21.1 Å². The molecule has 1 aliphatic carbocycles. The van der Waals surface area contributed by atoms with Crippen LogP contribution in [0, 0.1) is 0 Å². The Kier molecular flexibility index (Phi) is 2.58. The molecule has 1 unspecified atom stereocenters. The maximum atomic E-state index is 6.20. The molecule has 0 aromatic heterocycles. The van der Waals surface area contributed by atoms with E-state index in [-0.39, 0.29) is 5.38 Å².